The summed E-state index contributed by atoms with van der Waals surface area (Å²) in [5.74, 6) is -4.16. The standard InChI is InChI=1S/C14H16F2N2O4/c1-7-2-3-8(6-18(7)14(21)22)13(20)17-11-4-9(15)10(16)5-12(11)19/h4-5,7-8,19H,2-3,6H2,1H3,(H,17,20)(H,21,22)/t7-,8-/m1/s1. The molecule has 120 valence electrons. The van der Waals surface area contributed by atoms with Gasteiger partial charge in [-0.05, 0) is 19.8 Å². The normalized spacial score (nSPS) is 21.5. The molecule has 0 spiro atoms. The lowest BCUT2D eigenvalue weighted by molar-refractivity contribution is -0.121. The highest BCUT2D eigenvalue weighted by atomic mass is 19.2. The first kappa shape index (κ1) is 16.0. The Bertz CT molecular complexity index is 609. The van der Waals surface area contributed by atoms with Crippen molar-refractivity contribution in [1.29, 1.82) is 0 Å². The Kier molecular flexibility index (Phi) is 4.48. The summed E-state index contributed by atoms with van der Waals surface area (Å²) in [4.78, 5) is 24.4. The van der Waals surface area contributed by atoms with Gasteiger partial charge in [0.1, 0.15) is 5.75 Å². The maximum atomic E-state index is 13.1. The van der Waals surface area contributed by atoms with Gasteiger partial charge in [-0.15, -0.1) is 0 Å². The number of hydrogen-bond acceptors (Lipinski definition) is 3. The number of piperidine rings is 1. The molecule has 2 atom stereocenters. The first-order valence-electron chi connectivity index (χ1n) is 6.78. The molecule has 2 rings (SSSR count). The quantitative estimate of drug-likeness (QED) is 0.731. The molecule has 0 aromatic heterocycles. The van der Waals surface area contributed by atoms with Crippen LogP contribution in [0.15, 0.2) is 12.1 Å². The SMILES string of the molecule is C[C@@H]1CC[C@@H](C(=O)Nc2cc(F)c(F)cc2O)CN1C(=O)O. The largest absolute Gasteiger partial charge is 0.506 e. The molecule has 1 aromatic carbocycles. The number of nitrogens with one attached hydrogen (secondary N) is 1. The molecule has 0 bridgehead atoms. The summed E-state index contributed by atoms with van der Waals surface area (Å²) in [6, 6.07) is 1.07. The van der Waals surface area contributed by atoms with Crippen molar-refractivity contribution < 1.29 is 28.6 Å². The van der Waals surface area contributed by atoms with Gasteiger partial charge in [-0.3, -0.25) is 4.79 Å². The van der Waals surface area contributed by atoms with Crippen LogP contribution in [0.4, 0.5) is 19.3 Å². The van der Waals surface area contributed by atoms with Crippen molar-refractivity contribution in [3.8, 4) is 5.75 Å². The Morgan fingerprint density at radius 2 is 1.91 bits per heavy atom. The average molecular weight is 314 g/mol. The summed E-state index contributed by atoms with van der Waals surface area (Å²) in [5.41, 5.74) is -0.246. The summed E-state index contributed by atoms with van der Waals surface area (Å²) in [6.07, 6.45) is -0.115. The van der Waals surface area contributed by atoms with Crippen LogP contribution in [0.3, 0.4) is 0 Å². The zero-order valence-corrected chi connectivity index (χ0v) is 11.8. The molecular formula is C14H16F2N2O4. The first-order valence-corrected chi connectivity index (χ1v) is 6.78. The molecule has 0 saturated carbocycles. The Morgan fingerprint density at radius 3 is 2.55 bits per heavy atom. The van der Waals surface area contributed by atoms with Gasteiger partial charge in [0.2, 0.25) is 5.91 Å². The van der Waals surface area contributed by atoms with Crippen LogP contribution in [0, 0.1) is 17.6 Å². The van der Waals surface area contributed by atoms with Crippen molar-refractivity contribution in [2.75, 3.05) is 11.9 Å². The number of likely N-dealkylation sites (tertiary alicyclic amines) is 1. The molecule has 8 heteroatoms. The minimum atomic E-state index is -1.22. The third-order valence-corrected chi connectivity index (χ3v) is 3.80. The minimum Gasteiger partial charge on any atom is -0.506 e. The highest BCUT2D eigenvalue weighted by Gasteiger charge is 2.32. The molecule has 1 fully saturated rings. The number of hydrogen-bond donors (Lipinski definition) is 3. The van der Waals surface area contributed by atoms with Crippen LogP contribution >= 0.6 is 0 Å². The molecule has 1 saturated heterocycles. The van der Waals surface area contributed by atoms with E-state index in [4.69, 9.17) is 5.11 Å². The number of anilines is 1. The predicted octanol–water partition coefficient (Wildman–Crippen LogP) is 2.39. The van der Waals surface area contributed by atoms with E-state index in [0.29, 0.717) is 25.0 Å². The van der Waals surface area contributed by atoms with E-state index >= 15 is 0 Å². The number of carbonyl (C=O) groups is 2. The van der Waals surface area contributed by atoms with E-state index in [9.17, 15) is 23.5 Å². The molecule has 0 unspecified atom stereocenters. The smallest absolute Gasteiger partial charge is 0.407 e. The van der Waals surface area contributed by atoms with Crippen LogP contribution in [-0.4, -0.2) is 39.7 Å². The molecule has 1 heterocycles. The van der Waals surface area contributed by atoms with E-state index in [1.54, 1.807) is 6.92 Å². The van der Waals surface area contributed by atoms with E-state index in [1.165, 1.54) is 4.90 Å². The minimum absolute atomic E-state index is 0.0206. The molecule has 3 N–H and O–H groups in total. The Labute approximate surface area is 125 Å². The summed E-state index contributed by atoms with van der Waals surface area (Å²) in [5, 5.41) is 20.9. The van der Waals surface area contributed by atoms with Gasteiger partial charge in [0, 0.05) is 24.7 Å². The molecule has 1 aliphatic rings. The van der Waals surface area contributed by atoms with Gasteiger partial charge in [-0.1, -0.05) is 0 Å². The van der Waals surface area contributed by atoms with Crippen LogP contribution in [0.5, 0.6) is 5.75 Å². The molecule has 1 aliphatic heterocycles. The molecule has 1 aromatic rings. The number of carboxylic acid groups (broad SMARTS) is 1. The fourth-order valence-electron chi connectivity index (χ4n) is 2.46. The third-order valence-electron chi connectivity index (χ3n) is 3.80. The fraction of sp³-hybridized carbons (Fsp3) is 0.429. The van der Waals surface area contributed by atoms with Crippen LogP contribution in [0.25, 0.3) is 0 Å². The van der Waals surface area contributed by atoms with Gasteiger partial charge in [0.25, 0.3) is 0 Å². The Hall–Kier alpha value is -2.38. The van der Waals surface area contributed by atoms with E-state index in [2.05, 4.69) is 5.32 Å². The highest BCUT2D eigenvalue weighted by Crippen LogP contribution is 2.28. The molecule has 22 heavy (non-hydrogen) atoms. The zero-order chi connectivity index (χ0) is 16.4. The lowest BCUT2D eigenvalue weighted by Gasteiger charge is -2.35. The van der Waals surface area contributed by atoms with Crippen molar-refractivity contribution in [2.45, 2.75) is 25.8 Å². The summed E-state index contributed by atoms with van der Waals surface area (Å²) >= 11 is 0. The Morgan fingerprint density at radius 1 is 1.27 bits per heavy atom. The van der Waals surface area contributed by atoms with E-state index < -0.39 is 35.3 Å². The van der Waals surface area contributed by atoms with Crippen molar-refractivity contribution in [2.24, 2.45) is 5.92 Å². The van der Waals surface area contributed by atoms with Gasteiger partial charge in [0.15, 0.2) is 11.6 Å². The number of benzene rings is 1. The van der Waals surface area contributed by atoms with Crippen LogP contribution < -0.4 is 5.32 Å². The second-order valence-electron chi connectivity index (χ2n) is 5.33. The summed E-state index contributed by atoms with van der Waals surface area (Å²) in [6.45, 7) is 1.77. The zero-order valence-electron chi connectivity index (χ0n) is 11.8. The van der Waals surface area contributed by atoms with Crippen molar-refractivity contribution >= 4 is 17.7 Å². The second kappa shape index (κ2) is 6.17. The molecule has 2 amide bonds. The number of phenols is 1. The van der Waals surface area contributed by atoms with Gasteiger partial charge in [0.05, 0.1) is 11.6 Å². The number of nitrogens with zero attached hydrogens (tertiary/aromatic N) is 1. The molecule has 6 nitrogen and oxygen atoms in total. The first-order chi connectivity index (χ1) is 10.3. The Balaban J connectivity index is 2.09. The number of rotatable bonds is 2. The molecule has 0 radical (unpaired) electrons. The number of amides is 2. The molecule has 0 aliphatic carbocycles. The average Bonchev–Trinajstić information content (AvgIpc) is 2.44. The van der Waals surface area contributed by atoms with Gasteiger partial charge >= 0.3 is 6.09 Å². The summed E-state index contributed by atoms with van der Waals surface area (Å²) < 4.78 is 26.1. The lowest BCUT2D eigenvalue weighted by Crippen LogP contribution is -2.47. The molecular weight excluding hydrogens is 298 g/mol. The fourth-order valence-corrected chi connectivity index (χ4v) is 2.46. The number of carbonyl (C=O) groups excluding carboxylic acids is 1. The maximum absolute atomic E-state index is 13.1. The van der Waals surface area contributed by atoms with Crippen LogP contribution in [0.1, 0.15) is 19.8 Å². The van der Waals surface area contributed by atoms with E-state index in [0.717, 1.165) is 0 Å². The van der Waals surface area contributed by atoms with Gasteiger partial charge in [-0.2, -0.15) is 0 Å². The monoisotopic (exact) mass is 314 g/mol. The topological polar surface area (TPSA) is 89.9 Å². The highest BCUT2D eigenvalue weighted by molar-refractivity contribution is 5.94. The second-order valence-corrected chi connectivity index (χ2v) is 5.33. The number of halogens is 2. The van der Waals surface area contributed by atoms with Crippen LogP contribution in [-0.2, 0) is 4.79 Å². The number of phenolic OH excluding ortho intramolecular Hbond substituents is 1. The van der Waals surface area contributed by atoms with Crippen LogP contribution in [0.2, 0.25) is 0 Å². The van der Waals surface area contributed by atoms with Crippen molar-refractivity contribution in [3.63, 3.8) is 0 Å². The van der Waals surface area contributed by atoms with Crippen molar-refractivity contribution in [1.82, 2.24) is 4.90 Å². The van der Waals surface area contributed by atoms with Gasteiger partial charge < -0.3 is 20.4 Å². The third kappa shape index (κ3) is 3.26. The van der Waals surface area contributed by atoms with E-state index in [1.807, 2.05) is 0 Å². The predicted molar refractivity (Wildman–Crippen MR) is 73.6 cm³/mol. The summed E-state index contributed by atoms with van der Waals surface area (Å²) in [7, 11) is 0. The lowest BCUT2D eigenvalue weighted by atomic mass is 9.93. The number of aromatic hydroxyl groups is 1. The van der Waals surface area contributed by atoms with Crippen molar-refractivity contribution in [3.05, 3.63) is 23.8 Å². The maximum Gasteiger partial charge on any atom is 0.407 e. The van der Waals surface area contributed by atoms with Gasteiger partial charge in [-0.25, -0.2) is 13.6 Å². The van der Waals surface area contributed by atoms with E-state index in [-0.39, 0.29) is 18.3 Å².